The molecule has 2 rings (SSSR count). The normalized spacial score (nSPS) is 13.6. The predicted molar refractivity (Wildman–Crippen MR) is 74.3 cm³/mol. The Bertz CT molecular complexity index is 667. The molecule has 1 atom stereocenters. The Morgan fingerprint density at radius 3 is 2.90 bits per heavy atom. The monoisotopic (exact) mass is 363 g/mol. The quantitative estimate of drug-likeness (QED) is 0.703. The highest BCUT2D eigenvalue weighted by Gasteiger charge is 2.25. The zero-order valence-corrected chi connectivity index (χ0v) is 13.2. The first-order valence-corrected chi connectivity index (χ1v) is 8.02. The van der Waals surface area contributed by atoms with Crippen molar-refractivity contribution >= 4 is 26.0 Å². The van der Waals surface area contributed by atoms with Crippen LogP contribution in [0.5, 0.6) is 0 Å². The standard InChI is InChI=1S/C10H14BrN5O3S/c1-6(10-13-5-14-15-10)16-20(17,18)8-3-7(4-12-2)19-9(8)11/h3,5-6,12,16H,4H2,1-2H3,(H,13,14,15). The summed E-state index contributed by atoms with van der Waals surface area (Å²) in [5.41, 5.74) is 0. The van der Waals surface area contributed by atoms with Gasteiger partial charge in [0.1, 0.15) is 22.8 Å². The van der Waals surface area contributed by atoms with Crippen LogP contribution in [-0.2, 0) is 16.6 Å². The van der Waals surface area contributed by atoms with E-state index in [0.29, 0.717) is 18.1 Å². The summed E-state index contributed by atoms with van der Waals surface area (Å²) in [6.07, 6.45) is 1.32. The molecule has 0 spiro atoms. The molecule has 0 saturated carbocycles. The van der Waals surface area contributed by atoms with Crippen molar-refractivity contribution in [3.05, 3.63) is 28.6 Å². The first-order valence-electron chi connectivity index (χ1n) is 5.74. The highest BCUT2D eigenvalue weighted by Crippen LogP contribution is 2.27. The average molecular weight is 364 g/mol. The third-order valence-electron chi connectivity index (χ3n) is 2.52. The second-order valence-electron chi connectivity index (χ2n) is 4.09. The molecule has 2 heterocycles. The van der Waals surface area contributed by atoms with Crippen LogP contribution >= 0.6 is 15.9 Å². The molecule has 2 aromatic heterocycles. The van der Waals surface area contributed by atoms with E-state index in [4.69, 9.17) is 4.42 Å². The van der Waals surface area contributed by atoms with Gasteiger partial charge in [0.2, 0.25) is 10.0 Å². The van der Waals surface area contributed by atoms with Gasteiger partial charge in [0.25, 0.3) is 0 Å². The minimum absolute atomic E-state index is 0.0501. The van der Waals surface area contributed by atoms with E-state index in [1.165, 1.54) is 12.4 Å². The molecule has 0 aliphatic rings. The van der Waals surface area contributed by atoms with E-state index >= 15 is 0 Å². The van der Waals surface area contributed by atoms with E-state index in [0.717, 1.165) is 0 Å². The fourth-order valence-corrected chi connectivity index (χ4v) is 3.82. The number of hydrogen-bond acceptors (Lipinski definition) is 6. The minimum Gasteiger partial charge on any atom is -0.452 e. The SMILES string of the molecule is CNCc1cc(S(=O)(=O)NC(C)c2ncn[nH]2)c(Br)o1. The van der Waals surface area contributed by atoms with Gasteiger partial charge in [-0.25, -0.2) is 18.1 Å². The summed E-state index contributed by atoms with van der Waals surface area (Å²) >= 11 is 3.11. The lowest BCUT2D eigenvalue weighted by Gasteiger charge is -2.10. The summed E-state index contributed by atoms with van der Waals surface area (Å²) in [5, 5.41) is 9.19. The smallest absolute Gasteiger partial charge is 0.245 e. The first kappa shape index (κ1) is 15.2. The molecular weight excluding hydrogens is 350 g/mol. The van der Waals surface area contributed by atoms with E-state index in [9.17, 15) is 8.42 Å². The van der Waals surface area contributed by atoms with Crippen molar-refractivity contribution < 1.29 is 12.8 Å². The van der Waals surface area contributed by atoms with Crippen LogP contribution in [-0.4, -0.2) is 30.6 Å². The van der Waals surface area contributed by atoms with Crippen LogP contribution in [0.3, 0.4) is 0 Å². The molecule has 8 nitrogen and oxygen atoms in total. The maximum atomic E-state index is 12.3. The summed E-state index contributed by atoms with van der Waals surface area (Å²) in [4.78, 5) is 3.96. The Hall–Kier alpha value is -1.23. The molecule has 0 radical (unpaired) electrons. The van der Waals surface area contributed by atoms with Crippen LogP contribution in [0.4, 0.5) is 0 Å². The molecule has 110 valence electrons. The van der Waals surface area contributed by atoms with Crippen LogP contribution in [0.15, 0.2) is 26.4 Å². The van der Waals surface area contributed by atoms with Crippen LogP contribution in [0, 0.1) is 0 Å². The van der Waals surface area contributed by atoms with Gasteiger partial charge in [-0.05, 0) is 29.9 Å². The van der Waals surface area contributed by atoms with Crippen molar-refractivity contribution in [3.8, 4) is 0 Å². The molecule has 0 aliphatic heterocycles. The largest absolute Gasteiger partial charge is 0.452 e. The summed E-state index contributed by atoms with van der Waals surface area (Å²) in [7, 11) is -1.98. The maximum Gasteiger partial charge on any atom is 0.245 e. The van der Waals surface area contributed by atoms with E-state index in [1.54, 1.807) is 14.0 Å². The highest BCUT2D eigenvalue weighted by atomic mass is 79.9. The Morgan fingerprint density at radius 2 is 2.30 bits per heavy atom. The fourth-order valence-electron chi connectivity index (χ4n) is 1.62. The predicted octanol–water partition coefficient (Wildman–Crippen LogP) is 0.919. The molecule has 0 saturated heterocycles. The molecule has 0 fully saturated rings. The third kappa shape index (κ3) is 3.26. The molecule has 3 N–H and O–H groups in total. The summed E-state index contributed by atoms with van der Waals surface area (Å²) in [5.74, 6) is 0.954. The maximum absolute atomic E-state index is 12.3. The number of aromatic nitrogens is 3. The van der Waals surface area contributed by atoms with Crippen molar-refractivity contribution in [1.29, 1.82) is 0 Å². The number of furan rings is 1. The summed E-state index contributed by atoms with van der Waals surface area (Å²) in [6.45, 7) is 2.10. The Morgan fingerprint density at radius 1 is 1.55 bits per heavy atom. The van der Waals surface area contributed by atoms with Gasteiger partial charge in [-0.2, -0.15) is 5.10 Å². The molecule has 10 heteroatoms. The number of rotatable bonds is 6. The van der Waals surface area contributed by atoms with Gasteiger partial charge in [-0.15, -0.1) is 0 Å². The number of H-pyrrole nitrogens is 1. The zero-order valence-electron chi connectivity index (χ0n) is 10.8. The second kappa shape index (κ2) is 6.04. The fraction of sp³-hybridized carbons (Fsp3) is 0.400. The topological polar surface area (TPSA) is 113 Å². The van der Waals surface area contributed by atoms with Gasteiger partial charge in [0.05, 0.1) is 12.6 Å². The molecule has 0 aromatic carbocycles. The van der Waals surface area contributed by atoms with Gasteiger partial charge in [0.15, 0.2) is 4.67 Å². The number of sulfonamides is 1. The van der Waals surface area contributed by atoms with Crippen molar-refractivity contribution in [2.45, 2.75) is 24.4 Å². The third-order valence-corrected chi connectivity index (χ3v) is 4.92. The summed E-state index contributed by atoms with van der Waals surface area (Å²) < 4.78 is 32.6. The van der Waals surface area contributed by atoms with Crippen molar-refractivity contribution in [2.75, 3.05) is 7.05 Å². The van der Waals surface area contributed by atoms with Crippen LogP contribution in [0.25, 0.3) is 0 Å². The molecule has 0 amide bonds. The molecule has 0 bridgehead atoms. The van der Waals surface area contributed by atoms with E-state index < -0.39 is 16.1 Å². The molecular formula is C10H14BrN5O3S. The van der Waals surface area contributed by atoms with Crippen LogP contribution in [0.1, 0.15) is 24.6 Å². The number of hydrogen-bond donors (Lipinski definition) is 3. The number of nitrogens with one attached hydrogen (secondary N) is 3. The van der Waals surface area contributed by atoms with E-state index in [-0.39, 0.29) is 9.56 Å². The second-order valence-corrected chi connectivity index (χ2v) is 6.50. The van der Waals surface area contributed by atoms with Crippen LogP contribution < -0.4 is 10.0 Å². The number of aromatic amines is 1. The van der Waals surface area contributed by atoms with Gasteiger partial charge in [-0.3, -0.25) is 5.10 Å². The number of nitrogens with zero attached hydrogens (tertiary/aromatic N) is 2. The van der Waals surface area contributed by atoms with Crippen molar-refractivity contribution in [2.24, 2.45) is 0 Å². The van der Waals surface area contributed by atoms with Crippen molar-refractivity contribution in [1.82, 2.24) is 25.2 Å². The van der Waals surface area contributed by atoms with Gasteiger partial charge >= 0.3 is 0 Å². The van der Waals surface area contributed by atoms with E-state index in [1.807, 2.05) is 0 Å². The zero-order chi connectivity index (χ0) is 14.8. The lowest BCUT2D eigenvalue weighted by Crippen LogP contribution is -2.27. The average Bonchev–Trinajstić information content (AvgIpc) is 2.98. The molecule has 0 aliphatic carbocycles. The van der Waals surface area contributed by atoms with Crippen LogP contribution in [0.2, 0.25) is 0 Å². The Kier molecular flexibility index (Phi) is 4.58. The summed E-state index contributed by atoms with van der Waals surface area (Å²) in [6, 6.07) is 0.938. The highest BCUT2D eigenvalue weighted by molar-refractivity contribution is 9.10. The molecule has 20 heavy (non-hydrogen) atoms. The van der Waals surface area contributed by atoms with Gasteiger partial charge in [-0.1, -0.05) is 0 Å². The van der Waals surface area contributed by atoms with Gasteiger partial charge < -0.3 is 9.73 Å². The van der Waals surface area contributed by atoms with E-state index in [2.05, 4.69) is 41.2 Å². The number of halogens is 1. The lowest BCUT2D eigenvalue weighted by atomic mass is 10.3. The Labute approximate surface area is 124 Å². The van der Waals surface area contributed by atoms with Crippen molar-refractivity contribution in [3.63, 3.8) is 0 Å². The first-order chi connectivity index (χ1) is 9.44. The van der Waals surface area contributed by atoms with Gasteiger partial charge in [0, 0.05) is 6.07 Å². The lowest BCUT2D eigenvalue weighted by molar-refractivity contribution is 0.469. The molecule has 2 aromatic rings. The Balaban J connectivity index is 2.22. The molecule has 1 unspecified atom stereocenters. The minimum atomic E-state index is -3.72.